The van der Waals surface area contributed by atoms with Gasteiger partial charge in [-0.1, -0.05) is 0 Å². The number of hydrogen-bond donors (Lipinski definition) is 6. The van der Waals surface area contributed by atoms with E-state index in [1.165, 1.54) is 24.3 Å². The minimum Gasteiger partial charge on any atom is -0.394 e. The molecule has 0 spiro atoms. The van der Waals surface area contributed by atoms with Gasteiger partial charge in [-0.15, -0.1) is 4.48 Å². The number of aliphatic hydroxyl groups is 2. The topological polar surface area (TPSA) is 171 Å². The number of carbonyl (C=O) groups excluding carboxylic acids is 2. The number of nitrogens with zero attached hydrogens (tertiary/aromatic N) is 1. The van der Waals surface area contributed by atoms with Crippen molar-refractivity contribution in [2.24, 2.45) is 0 Å². The van der Waals surface area contributed by atoms with Crippen molar-refractivity contribution < 1.29 is 42.6 Å². The average Bonchev–Trinajstić information content (AvgIpc) is 3.40. The van der Waals surface area contributed by atoms with E-state index in [0.29, 0.717) is 21.8 Å². The number of amides is 2. The number of carbonyl (C=O) groups is 2. The van der Waals surface area contributed by atoms with Crippen molar-refractivity contribution in [2.45, 2.75) is 30.6 Å². The first-order valence-corrected chi connectivity index (χ1v) is 12.0. The maximum absolute atomic E-state index is 14.6. The summed E-state index contributed by atoms with van der Waals surface area (Å²) in [5.41, 5.74) is 1.42. The molecule has 0 radical (unpaired) electrons. The highest BCUT2D eigenvalue weighted by Crippen LogP contribution is 2.42. The average molecular weight is 557 g/mol. The second kappa shape index (κ2) is 9.26. The Morgan fingerprint density at radius 2 is 1.70 bits per heavy atom. The molecule has 40 heavy (non-hydrogen) atoms. The standard InChI is InChI=1S/C26H19F3N4O6.H3N/c27-9-1-3-14(31-26-22(35)21-23(39-33(21)29)17(8-34)38-26)11(5-9)12-7-16-18(20-19(12)24(36)32-25(20)37)13-6-10(28)2-4-15(13)30-16;/h1-7,17,21-23,26,30-31,34-35H,8H2,(H,32,36,37);1H3. The fourth-order valence-electron chi connectivity index (χ4n) is 5.66. The second-order valence-corrected chi connectivity index (χ2v) is 9.63. The predicted molar refractivity (Wildman–Crippen MR) is 135 cm³/mol. The van der Waals surface area contributed by atoms with Crippen LogP contribution in [0.3, 0.4) is 0 Å². The molecule has 7 rings (SSSR count). The Bertz CT molecular complexity index is 1710. The zero-order valence-corrected chi connectivity index (χ0v) is 20.5. The van der Waals surface area contributed by atoms with Crippen LogP contribution in [0.15, 0.2) is 42.5 Å². The largest absolute Gasteiger partial charge is 0.394 e. The lowest BCUT2D eigenvalue weighted by atomic mass is 9.91. The summed E-state index contributed by atoms with van der Waals surface area (Å²) in [6, 6.07) is 8.07. The van der Waals surface area contributed by atoms with Crippen LogP contribution in [0.4, 0.5) is 18.9 Å². The molecule has 0 bridgehead atoms. The molecule has 0 aliphatic carbocycles. The number of ether oxygens (including phenoxy) is 1. The molecule has 5 unspecified atom stereocenters. The smallest absolute Gasteiger partial charge is 0.259 e. The number of anilines is 1. The first-order valence-electron chi connectivity index (χ1n) is 12.0. The molecule has 8 N–H and O–H groups in total. The highest BCUT2D eigenvalue weighted by Gasteiger charge is 2.57. The van der Waals surface area contributed by atoms with Crippen molar-refractivity contribution in [3.63, 3.8) is 0 Å². The van der Waals surface area contributed by atoms with Gasteiger partial charge in [0.05, 0.1) is 17.7 Å². The number of aromatic amines is 1. The van der Waals surface area contributed by atoms with Gasteiger partial charge in [0.1, 0.15) is 36.0 Å². The summed E-state index contributed by atoms with van der Waals surface area (Å²) in [5, 5.41) is 26.3. The number of fused-ring (bicyclic) bond motifs is 6. The van der Waals surface area contributed by atoms with Crippen molar-refractivity contribution in [2.75, 3.05) is 11.9 Å². The van der Waals surface area contributed by atoms with Crippen molar-refractivity contribution in [3.05, 3.63) is 65.2 Å². The molecule has 3 aliphatic heterocycles. The van der Waals surface area contributed by atoms with Gasteiger partial charge < -0.3 is 31.4 Å². The lowest BCUT2D eigenvalue weighted by Gasteiger charge is -2.51. The summed E-state index contributed by atoms with van der Waals surface area (Å²) in [6.07, 6.45) is -4.55. The van der Waals surface area contributed by atoms with Crippen molar-refractivity contribution in [3.8, 4) is 11.1 Å². The van der Waals surface area contributed by atoms with Crippen molar-refractivity contribution in [1.82, 2.24) is 21.7 Å². The van der Waals surface area contributed by atoms with Crippen LogP contribution in [0.25, 0.3) is 32.9 Å². The van der Waals surface area contributed by atoms with Crippen LogP contribution in [0, 0.1) is 11.6 Å². The maximum atomic E-state index is 14.6. The van der Waals surface area contributed by atoms with Crippen molar-refractivity contribution in [1.29, 1.82) is 0 Å². The minimum absolute atomic E-state index is 0. The monoisotopic (exact) mass is 557 g/mol. The molecule has 4 aromatic rings. The normalized spacial score (nSPS) is 25.8. The summed E-state index contributed by atoms with van der Waals surface area (Å²) in [6.45, 7) is -0.510. The van der Waals surface area contributed by atoms with Crippen LogP contribution in [0.1, 0.15) is 20.7 Å². The Morgan fingerprint density at radius 1 is 0.975 bits per heavy atom. The molecule has 3 aromatic carbocycles. The number of rotatable bonds is 4. The van der Waals surface area contributed by atoms with E-state index in [1.807, 2.05) is 0 Å². The highest BCUT2D eigenvalue weighted by atomic mass is 19.2. The van der Waals surface area contributed by atoms with Crippen LogP contribution < -0.4 is 16.8 Å². The number of benzene rings is 3. The first-order chi connectivity index (χ1) is 18.7. The van der Waals surface area contributed by atoms with Gasteiger partial charge in [0.2, 0.25) is 0 Å². The molecule has 2 saturated heterocycles. The predicted octanol–water partition coefficient (Wildman–Crippen LogP) is 2.67. The lowest BCUT2D eigenvalue weighted by molar-refractivity contribution is -0.473. The third kappa shape index (κ3) is 3.69. The van der Waals surface area contributed by atoms with Gasteiger partial charge in [0.15, 0.2) is 6.23 Å². The number of aliphatic hydroxyl groups excluding tert-OH is 2. The van der Waals surface area contributed by atoms with E-state index >= 15 is 0 Å². The van der Waals surface area contributed by atoms with E-state index in [9.17, 15) is 33.1 Å². The van der Waals surface area contributed by atoms with Gasteiger partial charge in [0, 0.05) is 33.1 Å². The third-order valence-corrected chi connectivity index (χ3v) is 7.42. The van der Waals surface area contributed by atoms with Gasteiger partial charge in [-0.3, -0.25) is 19.7 Å². The van der Waals surface area contributed by atoms with Crippen LogP contribution in [0.5, 0.6) is 0 Å². The molecule has 0 saturated carbocycles. The number of aromatic nitrogens is 1. The number of nitrogens with one attached hydrogen (secondary N) is 3. The van der Waals surface area contributed by atoms with E-state index in [2.05, 4.69) is 15.6 Å². The fraction of sp³-hybridized carbons (Fsp3) is 0.231. The Morgan fingerprint density at radius 3 is 2.45 bits per heavy atom. The molecule has 1 aromatic heterocycles. The summed E-state index contributed by atoms with van der Waals surface area (Å²) < 4.78 is 48.3. The Hall–Kier alpha value is -4.05. The zero-order valence-electron chi connectivity index (χ0n) is 20.5. The van der Waals surface area contributed by atoms with E-state index in [4.69, 9.17) is 9.57 Å². The molecule has 14 heteroatoms. The summed E-state index contributed by atoms with van der Waals surface area (Å²) in [7, 11) is 0. The van der Waals surface area contributed by atoms with Gasteiger partial charge in [-0.25, -0.2) is 8.78 Å². The van der Waals surface area contributed by atoms with E-state index in [0.717, 1.165) is 12.1 Å². The number of imide groups is 1. The number of H-pyrrole nitrogens is 1. The summed E-state index contributed by atoms with van der Waals surface area (Å²) in [5.74, 6) is -2.59. The molecule has 3 aliphatic rings. The Kier molecular flexibility index (Phi) is 6.06. The van der Waals surface area contributed by atoms with Crippen molar-refractivity contribution >= 4 is 39.3 Å². The number of hydrogen-bond acceptors (Lipinski definition) is 9. The Balaban J connectivity index is 0.00000289. The van der Waals surface area contributed by atoms with Crippen LogP contribution in [-0.2, 0) is 9.57 Å². The number of halogens is 3. The Labute approximate surface area is 222 Å². The van der Waals surface area contributed by atoms with Crippen LogP contribution >= 0.6 is 0 Å². The van der Waals surface area contributed by atoms with Gasteiger partial charge in [0.25, 0.3) is 11.8 Å². The van der Waals surface area contributed by atoms with E-state index in [-0.39, 0.29) is 39.4 Å². The van der Waals surface area contributed by atoms with Gasteiger partial charge >= 0.3 is 0 Å². The van der Waals surface area contributed by atoms with Crippen LogP contribution in [-0.4, -0.2) is 69.5 Å². The van der Waals surface area contributed by atoms with E-state index < -0.39 is 60.6 Å². The first kappa shape index (κ1) is 26.2. The molecule has 208 valence electrons. The minimum atomic E-state index is -1.45. The molecule has 2 amide bonds. The zero-order chi connectivity index (χ0) is 27.2. The highest BCUT2D eigenvalue weighted by molar-refractivity contribution is 6.32. The lowest BCUT2D eigenvalue weighted by Crippen LogP contribution is -2.72. The van der Waals surface area contributed by atoms with Gasteiger partial charge in [-0.2, -0.15) is 0 Å². The van der Waals surface area contributed by atoms with Gasteiger partial charge in [-0.05, 0) is 53.3 Å². The molecule has 11 nitrogen and oxygen atoms in total. The van der Waals surface area contributed by atoms with E-state index in [1.54, 1.807) is 6.07 Å². The molecule has 5 atom stereocenters. The molecular formula is C26H22F3N5O6. The SMILES string of the molecule is N.O=C1NC(=O)c2c1c(-c1cc(F)ccc1NC1OC(CO)C3ON(F)C3C1O)cc1[nH]c3ccc(F)cc3c21. The number of hydroxylamine groups is 1. The molecule has 4 heterocycles. The third-order valence-electron chi connectivity index (χ3n) is 7.42. The summed E-state index contributed by atoms with van der Waals surface area (Å²) >= 11 is 0. The molecule has 2 fully saturated rings. The second-order valence-electron chi connectivity index (χ2n) is 9.63. The molecular weight excluding hydrogens is 535 g/mol. The van der Waals surface area contributed by atoms with Crippen LogP contribution in [0.2, 0.25) is 0 Å². The summed E-state index contributed by atoms with van der Waals surface area (Å²) in [4.78, 5) is 33.8. The maximum Gasteiger partial charge on any atom is 0.259 e. The fourth-order valence-corrected chi connectivity index (χ4v) is 5.66. The quantitative estimate of drug-likeness (QED) is 0.163.